The van der Waals surface area contributed by atoms with Crippen LogP contribution in [-0.2, 0) is 19.8 Å². The highest BCUT2D eigenvalue weighted by atomic mass is 16.5. The molecule has 1 aromatic heterocycles. The van der Waals surface area contributed by atoms with Gasteiger partial charge in [-0.05, 0) is 61.0 Å². The van der Waals surface area contributed by atoms with Gasteiger partial charge in [-0.15, -0.1) is 0 Å². The van der Waals surface area contributed by atoms with E-state index >= 15 is 0 Å². The van der Waals surface area contributed by atoms with Gasteiger partial charge in [-0.1, -0.05) is 72.8 Å². The van der Waals surface area contributed by atoms with Gasteiger partial charge in [0.05, 0.1) is 13.2 Å². The van der Waals surface area contributed by atoms with Gasteiger partial charge in [0.2, 0.25) is 0 Å². The standard InChI is InChI=1S/C36H37N5O3/c1-41-22-30(20-31(41)23-42)37-21-34-38-35(28-12-8-10-26(18-28)24-43-32-14-4-2-5-15-32)40-36(39-34)29-13-9-11-27(19-29)25-44-33-16-6-3-7-17-33/h2-19,30-31,37,42H,20-25H2,1H3/t30-,31+/m1/s1. The fourth-order valence-corrected chi connectivity index (χ4v) is 5.40. The van der Waals surface area contributed by atoms with Gasteiger partial charge in [-0.3, -0.25) is 4.90 Å². The van der Waals surface area contributed by atoms with Crippen molar-refractivity contribution in [3.63, 3.8) is 0 Å². The quantitative estimate of drug-likeness (QED) is 0.197. The van der Waals surface area contributed by atoms with Crippen LogP contribution in [-0.4, -0.2) is 57.2 Å². The summed E-state index contributed by atoms with van der Waals surface area (Å²) in [5.74, 6) is 3.53. The van der Waals surface area contributed by atoms with Crippen molar-refractivity contribution in [3.8, 4) is 34.3 Å². The lowest BCUT2D eigenvalue weighted by atomic mass is 10.1. The number of ether oxygens (including phenoxy) is 2. The van der Waals surface area contributed by atoms with Crippen LogP contribution in [0.3, 0.4) is 0 Å². The lowest BCUT2D eigenvalue weighted by molar-refractivity contribution is 0.182. The van der Waals surface area contributed by atoms with Gasteiger partial charge in [0.25, 0.3) is 0 Å². The monoisotopic (exact) mass is 587 g/mol. The molecule has 0 amide bonds. The predicted octanol–water partition coefficient (Wildman–Crippen LogP) is 5.52. The van der Waals surface area contributed by atoms with Crippen molar-refractivity contribution < 1.29 is 14.6 Å². The summed E-state index contributed by atoms with van der Waals surface area (Å²) >= 11 is 0. The number of para-hydroxylation sites is 2. The van der Waals surface area contributed by atoms with E-state index in [-0.39, 0.29) is 18.7 Å². The highest BCUT2D eigenvalue weighted by Crippen LogP contribution is 2.24. The molecule has 44 heavy (non-hydrogen) atoms. The van der Waals surface area contributed by atoms with Crippen LogP contribution < -0.4 is 14.8 Å². The third kappa shape index (κ3) is 7.65. The summed E-state index contributed by atoms with van der Waals surface area (Å²) in [5.41, 5.74) is 3.84. The fourth-order valence-electron chi connectivity index (χ4n) is 5.40. The molecule has 0 radical (unpaired) electrons. The van der Waals surface area contributed by atoms with E-state index in [2.05, 4.69) is 22.3 Å². The molecule has 0 saturated carbocycles. The summed E-state index contributed by atoms with van der Waals surface area (Å²) in [6.45, 7) is 2.39. The van der Waals surface area contributed by atoms with Crippen LogP contribution in [0.4, 0.5) is 0 Å². The van der Waals surface area contributed by atoms with Crippen LogP contribution >= 0.6 is 0 Å². The fraction of sp³-hybridized carbons (Fsp3) is 0.250. The molecule has 224 valence electrons. The molecular formula is C36H37N5O3. The van der Waals surface area contributed by atoms with E-state index in [0.29, 0.717) is 37.2 Å². The molecule has 0 spiro atoms. The summed E-state index contributed by atoms with van der Waals surface area (Å²) in [7, 11) is 2.05. The number of aliphatic hydroxyl groups excluding tert-OH is 1. The molecule has 0 unspecified atom stereocenters. The Bertz CT molecular complexity index is 1550. The maximum atomic E-state index is 9.69. The number of nitrogens with one attached hydrogen (secondary N) is 1. The highest BCUT2D eigenvalue weighted by molar-refractivity contribution is 5.62. The zero-order valence-corrected chi connectivity index (χ0v) is 24.8. The van der Waals surface area contributed by atoms with Crippen LogP contribution in [0.2, 0.25) is 0 Å². The molecule has 6 rings (SSSR count). The summed E-state index contributed by atoms with van der Waals surface area (Å²) < 4.78 is 12.0. The Labute approximate surface area is 258 Å². The molecule has 2 atom stereocenters. The summed E-state index contributed by atoms with van der Waals surface area (Å²) in [6, 6.07) is 36.3. The first-order valence-electron chi connectivity index (χ1n) is 15.0. The maximum Gasteiger partial charge on any atom is 0.163 e. The zero-order chi connectivity index (χ0) is 30.1. The molecule has 1 saturated heterocycles. The van der Waals surface area contributed by atoms with E-state index in [1.54, 1.807) is 0 Å². The van der Waals surface area contributed by atoms with Crippen molar-refractivity contribution in [2.24, 2.45) is 0 Å². The molecule has 8 nitrogen and oxygen atoms in total. The number of hydrogen-bond acceptors (Lipinski definition) is 8. The average Bonchev–Trinajstić information content (AvgIpc) is 3.45. The summed E-state index contributed by atoms with van der Waals surface area (Å²) in [5, 5.41) is 13.3. The van der Waals surface area contributed by atoms with Crippen LogP contribution in [0, 0.1) is 0 Å². The molecule has 4 aromatic carbocycles. The van der Waals surface area contributed by atoms with Crippen LogP contribution in [0.15, 0.2) is 109 Å². The van der Waals surface area contributed by atoms with Crippen molar-refractivity contribution in [2.45, 2.75) is 38.3 Å². The smallest absolute Gasteiger partial charge is 0.163 e. The SMILES string of the molecule is CN1C[C@H](NCc2nc(-c3cccc(COc4ccccc4)c3)nc(-c3cccc(COc4ccccc4)c3)n2)C[C@H]1CO. The summed E-state index contributed by atoms with van der Waals surface area (Å²) in [4.78, 5) is 16.9. The first-order chi connectivity index (χ1) is 21.6. The van der Waals surface area contributed by atoms with Crippen molar-refractivity contribution in [2.75, 3.05) is 20.2 Å². The molecule has 5 aromatic rings. The Hall–Kier alpha value is -4.63. The second-order valence-electron chi connectivity index (χ2n) is 11.1. The molecule has 2 N–H and O–H groups in total. The molecule has 1 fully saturated rings. The molecule has 1 aliphatic rings. The average molecular weight is 588 g/mol. The van der Waals surface area contributed by atoms with Crippen LogP contribution in [0.5, 0.6) is 11.5 Å². The van der Waals surface area contributed by atoms with E-state index in [1.165, 1.54) is 0 Å². The van der Waals surface area contributed by atoms with Crippen molar-refractivity contribution in [3.05, 3.63) is 126 Å². The number of benzene rings is 4. The maximum absolute atomic E-state index is 9.69. The Morgan fingerprint density at radius 3 is 1.77 bits per heavy atom. The minimum Gasteiger partial charge on any atom is -0.489 e. The molecule has 0 bridgehead atoms. The summed E-state index contributed by atoms with van der Waals surface area (Å²) in [6.07, 6.45) is 0.880. The van der Waals surface area contributed by atoms with Gasteiger partial charge >= 0.3 is 0 Å². The van der Waals surface area contributed by atoms with Crippen LogP contribution in [0.1, 0.15) is 23.4 Å². The van der Waals surface area contributed by atoms with Gasteiger partial charge in [0.15, 0.2) is 11.6 Å². The van der Waals surface area contributed by atoms with E-state index < -0.39 is 0 Å². The second kappa shape index (κ2) is 14.2. The molecule has 1 aliphatic heterocycles. The van der Waals surface area contributed by atoms with E-state index in [0.717, 1.165) is 46.7 Å². The number of nitrogens with zero attached hydrogens (tertiary/aromatic N) is 4. The topological polar surface area (TPSA) is 92.6 Å². The highest BCUT2D eigenvalue weighted by Gasteiger charge is 2.28. The Balaban J connectivity index is 1.26. The van der Waals surface area contributed by atoms with Gasteiger partial charge in [0, 0.05) is 29.8 Å². The number of likely N-dealkylation sites (N-methyl/N-ethyl adjacent to an activating group) is 1. The van der Waals surface area contributed by atoms with Crippen molar-refractivity contribution in [1.29, 1.82) is 0 Å². The lowest BCUT2D eigenvalue weighted by Gasteiger charge is -2.15. The van der Waals surface area contributed by atoms with Gasteiger partial charge < -0.3 is 19.9 Å². The second-order valence-corrected chi connectivity index (χ2v) is 11.1. The number of hydrogen-bond donors (Lipinski definition) is 2. The Morgan fingerprint density at radius 1 is 0.727 bits per heavy atom. The molecule has 0 aliphatic carbocycles. The van der Waals surface area contributed by atoms with E-state index in [4.69, 9.17) is 24.4 Å². The van der Waals surface area contributed by atoms with Gasteiger partial charge in [-0.2, -0.15) is 0 Å². The third-order valence-electron chi connectivity index (χ3n) is 7.80. The Morgan fingerprint density at radius 2 is 1.27 bits per heavy atom. The van der Waals surface area contributed by atoms with Crippen LogP contribution in [0.25, 0.3) is 22.8 Å². The molecular weight excluding hydrogens is 550 g/mol. The largest absolute Gasteiger partial charge is 0.489 e. The Kier molecular flexibility index (Phi) is 9.52. The third-order valence-corrected chi connectivity index (χ3v) is 7.80. The first kappa shape index (κ1) is 29.4. The number of likely N-dealkylation sites (tertiary alicyclic amines) is 1. The van der Waals surface area contributed by atoms with E-state index in [1.807, 2.05) is 104 Å². The minimum absolute atomic E-state index is 0.156. The minimum atomic E-state index is 0.156. The number of rotatable bonds is 12. The normalized spacial score (nSPS) is 16.6. The van der Waals surface area contributed by atoms with Crippen molar-refractivity contribution in [1.82, 2.24) is 25.2 Å². The number of aromatic nitrogens is 3. The molecule has 8 heteroatoms. The first-order valence-corrected chi connectivity index (χ1v) is 15.0. The van der Waals surface area contributed by atoms with Crippen molar-refractivity contribution >= 4 is 0 Å². The van der Waals surface area contributed by atoms with Gasteiger partial charge in [-0.25, -0.2) is 15.0 Å². The van der Waals surface area contributed by atoms with Gasteiger partial charge in [0.1, 0.15) is 30.5 Å². The number of aliphatic hydroxyl groups is 1. The lowest BCUT2D eigenvalue weighted by Crippen LogP contribution is -2.32. The van der Waals surface area contributed by atoms with E-state index in [9.17, 15) is 5.11 Å². The molecule has 2 heterocycles. The predicted molar refractivity (Wildman–Crippen MR) is 171 cm³/mol. The zero-order valence-electron chi connectivity index (χ0n) is 24.8.